The summed E-state index contributed by atoms with van der Waals surface area (Å²) in [5, 5.41) is 5.40. The van der Waals surface area contributed by atoms with Gasteiger partial charge in [-0.15, -0.1) is 0 Å². The molecule has 118 valence electrons. The topological polar surface area (TPSA) is 27.1 Å². The summed E-state index contributed by atoms with van der Waals surface area (Å²) >= 11 is 9.99. The molecule has 2 fully saturated rings. The molecule has 1 aliphatic heterocycles. The van der Waals surface area contributed by atoms with Gasteiger partial charge in [0.1, 0.15) is 5.52 Å². The smallest absolute Gasteiger partial charge is 0.168 e. The minimum atomic E-state index is -0.374. The summed E-state index contributed by atoms with van der Waals surface area (Å²) in [4.78, 5) is 0. The van der Waals surface area contributed by atoms with Crippen molar-refractivity contribution in [2.75, 3.05) is 6.61 Å². The number of nitrogens with zero attached hydrogens (tertiary/aromatic N) is 2. The first-order valence-corrected chi connectivity index (χ1v) is 8.92. The molecule has 22 heavy (non-hydrogen) atoms. The Morgan fingerprint density at radius 3 is 2.86 bits per heavy atom. The van der Waals surface area contributed by atoms with Crippen molar-refractivity contribution in [2.24, 2.45) is 5.92 Å². The Hall–Kier alpha value is -0.650. The van der Waals surface area contributed by atoms with Crippen LogP contribution in [-0.2, 0) is 4.74 Å². The van der Waals surface area contributed by atoms with Crippen molar-refractivity contribution in [3.05, 3.63) is 27.1 Å². The fourth-order valence-electron chi connectivity index (χ4n) is 3.39. The van der Waals surface area contributed by atoms with E-state index in [4.69, 9.17) is 16.3 Å². The van der Waals surface area contributed by atoms with Crippen LogP contribution in [0, 0.1) is 11.7 Å². The van der Waals surface area contributed by atoms with Gasteiger partial charge in [0.25, 0.3) is 0 Å². The van der Waals surface area contributed by atoms with E-state index in [1.54, 1.807) is 10.9 Å². The SMILES string of the molecule is CC1CC1c1c(Cl)c(F)c2c(cnn2C2CCCCO2)c1Br. The zero-order valence-electron chi connectivity index (χ0n) is 12.3. The van der Waals surface area contributed by atoms with Crippen molar-refractivity contribution in [3.8, 4) is 0 Å². The molecule has 1 aliphatic carbocycles. The summed E-state index contributed by atoms with van der Waals surface area (Å²) in [6, 6.07) is 0. The first-order chi connectivity index (χ1) is 10.6. The van der Waals surface area contributed by atoms with Gasteiger partial charge in [-0.25, -0.2) is 9.07 Å². The van der Waals surface area contributed by atoms with Crippen LogP contribution in [0.5, 0.6) is 0 Å². The summed E-state index contributed by atoms with van der Waals surface area (Å²) < 4.78 is 23.2. The number of aromatic nitrogens is 2. The molecule has 2 aliphatic rings. The van der Waals surface area contributed by atoms with Crippen molar-refractivity contribution < 1.29 is 9.13 Å². The van der Waals surface area contributed by atoms with Crippen LogP contribution in [0.2, 0.25) is 5.02 Å². The highest BCUT2D eigenvalue weighted by molar-refractivity contribution is 9.10. The molecule has 2 aromatic rings. The van der Waals surface area contributed by atoms with Gasteiger partial charge in [-0.2, -0.15) is 5.10 Å². The molecule has 3 unspecified atom stereocenters. The molecule has 0 radical (unpaired) electrons. The maximum absolute atomic E-state index is 14.9. The van der Waals surface area contributed by atoms with Crippen molar-refractivity contribution in [1.29, 1.82) is 0 Å². The second-order valence-electron chi connectivity index (χ2n) is 6.35. The van der Waals surface area contributed by atoms with Crippen molar-refractivity contribution >= 4 is 38.4 Å². The summed E-state index contributed by atoms with van der Waals surface area (Å²) in [6.07, 6.45) is 5.55. The normalized spacial score (nSPS) is 28.3. The monoisotopic (exact) mass is 386 g/mol. The number of hydrogen-bond acceptors (Lipinski definition) is 2. The van der Waals surface area contributed by atoms with Gasteiger partial charge in [-0.1, -0.05) is 18.5 Å². The van der Waals surface area contributed by atoms with Gasteiger partial charge < -0.3 is 4.74 Å². The number of ether oxygens (including phenoxy) is 1. The van der Waals surface area contributed by atoms with Crippen LogP contribution >= 0.6 is 27.5 Å². The van der Waals surface area contributed by atoms with Gasteiger partial charge in [0, 0.05) is 16.5 Å². The van der Waals surface area contributed by atoms with E-state index in [0.717, 1.165) is 41.1 Å². The van der Waals surface area contributed by atoms with Crippen LogP contribution in [0.4, 0.5) is 4.39 Å². The van der Waals surface area contributed by atoms with E-state index >= 15 is 0 Å². The maximum atomic E-state index is 14.9. The minimum Gasteiger partial charge on any atom is -0.356 e. The molecule has 0 bridgehead atoms. The number of hydrogen-bond donors (Lipinski definition) is 0. The molecule has 1 aromatic carbocycles. The molecule has 6 heteroatoms. The molecule has 3 nitrogen and oxygen atoms in total. The fraction of sp³-hybridized carbons (Fsp3) is 0.562. The Kier molecular flexibility index (Phi) is 3.70. The average molecular weight is 388 g/mol. The second kappa shape index (κ2) is 5.46. The van der Waals surface area contributed by atoms with Crippen molar-refractivity contribution in [3.63, 3.8) is 0 Å². The van der Waals surface area contributed by atoms with Gasteiger partial charge in [0.05, 0.1) is 11.2 Å². The maximum Gasteiger partial charge on any atom is 0.168 e. The lowest BCUT2D eigenvalue weighted by Crippen LogP contribution is -2.19. The van der Waals surface area contributed by atoms with Gasteiger partial charge in [0.15, 0.2) is 12.0 Å². The summed E-state index contributed by atoms with van der Waals surface area (Å²) in [5.74, 6) is 0.526. The predicted molar refractivity (Wildman–Crippen MR) is 87.8 cm³/mol. The number of halogens is 3. The van der Waals surface area contributed by atoms with E-state index in [2.05, 4.69) is 28.0 Å². The lowest BCUT2D eigenvalue weighted by atomic mass is 10.1. The molecular weight excluding hydrogens is 371 g/mol. The number of rotatable bonds is 2. The van der Waals surface area contributed by atoms with Crippen LogP contribution in [0.1, 0.15) is 50.3 Å². The highest BCUT2D eigenvalue weighted by atomic mass is 79.9. The number of fused-ring (bicyclic) bond motifs is 1. The van der Waals surface area contributed by atoms with E-state index < -0.39 is 0 Å². The molecule has 0 amide bonds. The number of benzene rings is 1. The Morgan fingerprint density at radius 1 is 1.45 bits per heavy atom. The third-order valence-corrected chi connectivity index (χ3v) is 6.04. The van der Waals surface area contributed by atoms with E-state index in [1.807, 2.05) is 0 Å². The Bertz CT molecular complexity index is 742. The Labute approximate surface area is 141 Å². The van der Waals surface area contributed by atoms with E-state index in [1.165, 1.54) is 0 Å². The van der Waals surface area contributed by atoms with E-state index in [9.17, 15) is 4.39 Å². The summed E-state index contributed by atoms with van der Waals surface area (Å²) in [6.45, 7) is 2.86. The molecular formula is C16H17BrClFN2O. The predicted octanol–water partition coefficient (Wildman–Crippen LogP) is 5.41. The quantitative estimate of drug-likeness (QED) is 0.644. The highest BCUT2D eigenvalue weighted by Gasteiger charge is 2.39. The van der Waals surface area contributed by atoms with Gasteiger partial charge in [-0.05, 0) is 59.0 Å². The second-order valence-corrected chi connectivity index (χ2v) is 7.52. The zero-order chi connectivity index (χ0) is 15.4. The average Bonchev–Trinajstić information content (AvgIpc) is 3.07. The Balaban J connectivity index is 1.89. The molecule has 1 saturated carbocycles. The first-order valence-electron chi connectivity index (χ1n) is 7.74. The molecule has 0 spiro atoms. The molecule has 2 heterocycles. The van der Waals surface area contributed by atoms with E-state index in [-0.39, 0.29) is 17.1 Å². The van der Waals surface area contributed by atoms with Gasteiger partial charge >= 0.3 is 0 Å². The van der Waals surface area contributed by atoms with Gasteiger partial charge in [-0.3, -0.25) is 0 Å². The third kappa shape index (κ3) is 2.21. The first kappa shape index (κ1) is 14.9. The summed E-state index contributed by atoms with van der Waals surface area (Å²) in [5.41, 5.74) is 1.34. The lowest BCUT2D eigenvalue weighted by Gasteiger charge is -2.24. The lowest BCUT2D eigenvalue weighted by molar-refractivity contribution is -0.0369. The van der Waals surface area contributed by atoms with Crippen LogP contribution < -0.4 is 0 Å². The third-order valence-electron chi connectivity index (χ3n) is 4.81. The van der Waals surface area contributed by atoms with Crippen LogP contribution in [-0.4, -0.2) is 16.4 Å². The summed E-state index contributed by atoms with van der Waals surface area (Å²) in [7, 11) is 0. The minimum absolute atomic E-state index is 0.200. The fourth-order valence-corrected chi connectivity index (χ4v) is 4.61. The standard InChI is InChI=1S/C16H17BrClFN2O/c1-8-6-9(8)12-13(17)10-7-20-21(11-4-2-3-5-22-11)16(10)15(19)14(12)18/h7-9,11H,2-6H2,1H3. The molecule has 3 atom stereocenters. The zero-order valence-corrected chi connectivity index (χ0v) is 14.6. The largest absolute Gasteiger partial charge is 0.356 e. The van der Waals surface area contributed by atoms with E-state index in [0.29, 0.717) is 24.0 Å². The van der Waals surface area contributed by atoms with Crippen molar-refractivity contribution in [1.82, 2.24) is 9.78 Å². The van der Waals surface area contributed by atoms with Crippen LogP contribution in [0.15, 0.2) is 10.7 Å². The molecule has 1 saturated heterocycles. The van der Waals surface area contributed by atoms with Crippen LogP contribution in [0.25, 0.3) is 10.9 Å². The Morgan fingerprint density at radius 2 is 2.23 bits per heavy atom. The van der Waals surface area contributed by atoms with Crippen LogP contribution in [0.3, 0.4) is 0 Å². The molecule has 1 aromatic heterocycles. The molecule has 4 rings (SSSR count). The van der Waals surface area contributed by atoms with Crippen molar-refractivity contribution in [2.45, 2.75) is 44.8 Å². The molecule has 0 N–H and O–H groups in total. The van der Waals surface area contributed by atoms with Gasteiger partial charge in [0.2, 0.25) is 0 Å². The highest BCUT2D eigenvalue weighted by Crippen LogP contribution is 2.53.